The Kier molecular flexibility index (Phi) is 7.57. The SMILES string of the molecule is Cc1nc(N)ccc1CCC(=O)[C@H](C)NC(=O)[C@@H]1CCCN(Cc2ccccc2)C1. The number of likely N-dealkylation sites (tertiary alicyclic amines) is 1. The Labute approximate surface area is 178 Å². The number of anilines is 1. The third kappa shape index (κ3) is 6.13. The Balaban J connectivity index is 1.47. The number of hydrogen-bond donors (Lipinski definition) is 2. The fourth-order valence-electron chi connectivity index (χ4n) is 4.01. The van der Waals surface area contributed by atoms with E-state index in [9.17, 15) is 9.59 Å². The van der Waals surface area contributed by atoms with Gasteiger partial charge in [0.1, 0.15) is 5.82 Å². The molecule has 0 bridgehead atoms. The number of ketones is 1. The van der Waals surface area contributed by atoms with E-state index >= 15 is 0 Å². The maximum Gasteiger partial charge on any atom is 0.224 e. The van der Waals surface area contributed by atoms with Crippen LogP contribution < -0.4 is 11.1 Å². The molecule has 1 amide bonds. The quantitative estimate of drug-likeness (QED) is 0.701. The number of nitrogens with two attached hydrogens (primary N) is 1. The van der Waals surface area contributed by atoms with Crippen LogP contribution in [-0.2, 0) is 22.6 Å². The zero-order valence-electron chi connectivity index (χ0n) is 17.9. The highest BCUT2D eigenvalue weighted by molar-refractivity contribution is 5.89. The minimum Gasteiger partial charge on any atom is -0.384 e. The lowest BCUT2D eigenvalue weighted by atomic mass is 9.95. The summed E-state index contributed by atoms with van der Waals surface area (Å²) in [5, 5.41) is 2.94. The monoisotopic (exact) mass is 408 g/mol. The Morgan fingerprint density at radius 2 is 2.00 bits per heavy atom. The van der Waals surface area contributed by atoms with Crippen molar-refractivity contribution in [2.45, 2.75) is 52.1 Å². The smallest absolute Gasteiger partial charge is 0.224 e. The molecular formula is C24H32N4O2. The van der Waals surface area contributed by atoms with E-state index in [2.05, 4.69) is 27.3 Å². The van der Waals surface area contributed by atoms with Crippen molar-refractivity contribution in [1.82, 2.24) is 15.2 Å². The van der Waals surface area contributed by atoms with E-state index < -0.39 is 6.04 Å². The number of hydrogen-bond acceptors (Lipinski definition) is 5. The minimum absolute atomic E-state index is 0.0149. The van der Waals surface area contributed by atoms with E-state index in [0.717, 1.165) is 43.7 Å². The van der Waals surface area contributed by atoms with Crippen molar-refractivity contribution in [3.8, 4) is 0 Å². The van der Waals surface area contributed by atoms with Crippen molar-refractivity contribution >= 4 is 17.5 Å². The van der Waals surface area contributed by atoms with E-state index in [1.165, 1.54) is 5.56 Å². The van der Waals surface area contributed by atoms with Crippen molar-refractivity contribution in [3.05, 3.63) is 59.3 Å². The minimum atomic E-state index is -0.482. The second-order valence-electron chi connectivity index (χ2n) is 8.24. The summed E-state index contributed by atoms with van der Waals surface area (Å²) < 4.78 is 0. The van der Waals surface area contributed by atoms with Gasteiger partial charge in [-0.05, 0) is 56.8 Å². The van der Waals surface area contributed by atoms with Crippen LogP contribution in [0.4, 0.5) is 5.82 Å². The van der Waals surface area contributed by atoms with Gasteiger partial charge in [-0.25, -0.2) is 4.98 Å². The van der Waals surface area contributed by atoms with E-state index in [1.54, 1.807) is 13.0 Å². The van der Waals surface area contributed by atoms with Gasteiger partial charge in [0.05, 0.1) is 12.0 Å². The third-order valence-electron chi connectivity index (χ3n) is 5.82. The average molecular weight is 409 g/mol. The summed E-state index contributed by atoms with van der Waals surface area (Å²) in [6.07, 6.45) is 2.84. The molecule has 2 heterocycles. The Bertz CT molecular complexity index is 869. The van der Waals surface area contributed by atoms with Crippen molar-refractivity contribution in [2.24, 2.45) is 5.92 Å². The van der Waals surface area contributed by atoms with Crippen LogP contribution in [0.2, 0.25) is 0 Å². The number of nitrogens with one attached hydrogen (secondary N) is 1. The molecule has 6 heteroatoms. The lowest BCUT2D eigenvalue weighted by Gasteiger charge is -2.32. The van der Waals surface area contributed by atoms with Crippen LogP contribution in [0.15, 0.2) is 42.5 Å². The van der Waals surface area contributed by atoms with Gasteiger partial charge < -0.3 is 11.1 Å². The summed E-state index contributed by atoms with van der Waals surface area (Å²) in [6.45, 7) is 6.26. The summed E-state index contributed by atoms with van der Waals surface area (Å²) in [5.74, 6) is 0.439. The number of aryl methyl sites for hydroxylation is 2. The molecular weight excluding hydrogens is 376 g/mol. The van der Waals surface area contributed by atoms with Gasteiger partial charge in [0.25, 0.3) is 0 Å². The van der Waals surface area contributed by atoms with Gasteiger partial charge in [-0.15, -0.1) is 0 Å². The molecule has 160 valence electrons. The summed E-state index contributed by atoms with van der Waals surface area (Å²) in [7, 11) is 0. The van der Waals surface area contributed by atoms with Crippen molar-refractivity contribution < 1.29 is 9.59 Å². The number of benzene rings is 1. The topological polar surface area (TPSA) is 88.3 Å². The fourth-order valence-corrected chi connectivity index (χ4v) is 4.01. The van der Waals surface area contributed by atoms with Gasteiger partial charge in [0, 0.05) is 25.2 Å². The van der Waals surface area contributed by atoms with Crippen molar-refractivity contribution in [2.75, 3.05) is 18.8 Å². The molecule has 6 nitrogen and oxygen atoms in total. The van der Waals surface area contributed by atoms with E-state index in [1.807, 2.05) is 31.2 Å². The molecule has 1 aromatic heterocycles. The number of Topliss-reactive ketones (excluding diaryl/α,β-unsaturated/α-hetero) is 1. The average Bonchev–Trinajstić information content (AvgIpc) is 2.73. The highest BCUT2D eigenvalue weighted by Crippen LogP contribution is 2.19. The van der Waals surface area contributed by atoms with Crippen LogP contribution in [0, 0.1) is 12.8 Å². The maximum atomic E-state index is 12.8. The van der Waals surface area contributed by atoms with E-state index in [-0.39, 0.29) is 17.6 Å². The first-order chi connectivity index (χ1) is 14.4. The Morgan fingerprint density at radius 1 is 1.23 bits per heavy atom. The molecule has 1 aromatic carbocycles. The van der Waals surface area contributed by atoms with Crippen LogP contribution in [-0.4, -0.2) is 40.7 Å². The first-order valence-corrected chi connectivity index (χ1v) is 10.7. The molecule has 1 aliphatic heterocycles. The molecule has 0 saturated carbocycles. The number of aromatic nitrogens is 1. The number of rotatable bonds is 8. The second kappa shape index (κ2) is 10.3. The van der Waals surface area contributed by atoms with Crippen molar-refractivity contribution in [1.29, 1.82) is 0 Å². The number of nitrogen functional groups attached to an aromatic ring is 1. The number of pyridine rings is 1. The molecule has 3 rings (SSSR count). The van der Waals surface area contributed by atoms with Gasteiger partial charge >= 0.3 is 0 Å². The number of amides is 1. The zero-order valence-corrected chi connectivity index (χ0v) is 17.9. The van der Waals surface area contributed by atoms with Crippen LogP contribution in [0.1, 0.15) is 43.0 Å². The highest BCUT2D eigenvalue weighted by Gasteiger charge is 2.27. The summed E-state index contributed by atoms with van der Waals surface area (Å²) in [6, 6.07) is 13.5. The van der Waals surface area contributed by atoms with E-state index in [0.29, 0.717) is 18.7 Å². The first-order valence-electron chi connectivity index (χ1n) is 10.7. The number of piperidine rings is 1. The van der Waals surface area contributed by atoms with Crippen LogP contribution in [0.5, 0.6) is 0 Å². The van der Waals surface area contributed by atoms with Gasteiger partial charge in [0.15, 0.2) is 5.78 Å². The molecule has 1 aliphatic rings. The molecule has 0 radical (unpaired) electrons. The Hall–Kier alpha value is -2.73. The number of carbonyl (C=O) groups excluding carboxylic acids is 2. The molecule has 0 spiro atoms. The second-order valence-corrected chi connectivity index (χ2v) is 8.24. The largest absolute Gasteiger partial charge is 0.384 e. The Morgan fingerprint density at radius 3 is 2.73 bits per heavy atom. The summed E-state index contributed by atoms with van der Waals surface area (Å²) >= 11 is 0. The molecule has 0 unspecified atom stereocenters. The lowest BCUT2D eigenvalue weighted by Crippen LogP contribution is -2.47. The van der Waals surface area contributed by atoms with Crippen LogP contribution in [0.25, 0.3) is 0 Å². The predicted octanol–water partition coefficient (Wildman–Crippen LogP) is 2.89. The van der Waals surface area contributed by atoms with Gasteiger partial charge in [-0.1, -0.05) is 36.4 Å². The van der Waals surface area contributed by atoms with E-state index in [4.69, 9.17) is 5.73 Å². The summed E-state index contributed by atoms with van der Waals surface area (Å²) in [4.78, 5) is 31.9. The molecule has 0 aliphatic carbocycles. The molecule has 1 fully saturated rings. The molecule has 30 heavy (non-hydrogen) atoms. The fraction of sp³-hybridized carbons (Fsp3) is 0.458. The first kappa shape index (κ1) is 22.0. The molecule has 2 atom stereocenters. The standard InChI is InChI=1S/C24H32N4O2/c1-17-20(11-13-23(25)26-17)10-12-22(29)18(2)27-24(30)21-9-6-14-28(16-21)15-19-7-4-3-5-8-19/h3-5,7-8,11,13,18,21H,6,9-10,12,14-16H2,1-2H3,(H2,25,26)(H,27,30)/t18-,21+/m0/s1. The van der Waals surface area contributed by atoms with Gasteiger partial charge in [-0.2, -0.15) is 0 Å². The normalized spacial score (nSPS) is 18.0. The van der Waals surface area contributed by atoms with Crippen molar-refractivity contribution in [3.63, 3.8) is 0 Å². The third-order valence-corrected chi connectivity index (χ3v) is 5.82. The highest BCUT2D eigenvalue weighted by atomic mass is 16.2. The molecule has 2 aromatic rings. The number of nitrogens with zero attached hydrogens (tertiary/aromatic N) is 2. The van der Waals surface area contributed by atoms with Crippen LogP contribution >= 0.6 is 0 Å². The van der Waals surface area contributed by atoms with Gasteiger partial charge in [0.2, 0.25) is 5.91 Å². The summed E-state index contributed by atoms with van der Waals surface area (Å²) in [5.41, 5.74) is 8.80. The van der Waals surface area contributed by atoms with Crippen LogP contribution in [0.3, 0.4) is 0 Å². The predicted molar refractivity (Wildman–Crippen MR) is 119 cm³/mol. The molecule has 1 saturated heterocycles. The lowest BCUT2D eigenvalue weighted by molar-refractivity contribution is -0.131. The number of carbonyl (C=O) groups is 2. The maximum absolute atomic E-state index is 12.8. The zero-order chi connectivity index (χ0) is 21.5. The van der Waals surface area contributed by atoms with Gasteiger partial charge in [-0.3, -0.25) is 14.5 Å². The molecule has 3 N–H and O–H groups in total.